The van der Waals surface area contributed by atoms with E-state index in [1.54, 1.807) is 0 Å². The second kappa shape index (κ2) is 5.02. The first kappa shape index (κ1) is 14.4. The van der Waals surface area contributed by atoms with E-state index < -0.39 is 11.7 Å². The van der Waals surface area contributed by atoms with Gasteiger partial charge in [-0.2, -0.15) is 13.2 Å². The molecule has 2 aromatic rings. The van der Waals surface area contributed by atoms with Gasteiger partial charge in [-0.05, 0) is 44.9 Å². The Morgan fingerprint density at radius 3 is 2.67 bits per heavy atom. The predicted octanol–water partition coefficient (Wildman–Crippen LogP) is 4.49. The van der Waals surface area contributed by atoms with Crippen molar-refractivity contribution in [2.75, 3.05) is 6.61 Å². The van der Waals surface area contributed by atoms with Gasteiger partial charge in [0.05, 0.1) is 16.6 Å². The van der Waals surface area contributed by atoms with E-state index in [4.69, 9.17) is 4.74 Å². The third-order valence-corrected chi connectivity index (χ3v) is 3.78. The molecular formula is C15H17F3N2O. The Morgan fingerprint density at radius 1 is 1.33 bits per heavy atom. The van der Waals surface area contributed by atoms with Crippen molar-refractivity contribution in [3.8, 4) is 0 Å². The Bertz CT molecular complexity index is 655. The first-order chi connectivity index (χ1) is 9.88. The monoisotopic (exact) mass is 298 g/mol. The van der Waals surface area contributed by atoms with Gasteiger partial charge in [0.25, 0.3) is 0 Å². The van der Waals surface area contributed by atoms with Crippen LogP contribution in [-0.4, -0.2) is 16.2 Å². The van der Waals surface area contributed by atoms with E-state index in [1.165, 1.54) is 6.07 Å². The van der Waals surface area contributed by atoms with Crippen molar-refractivity contribution in [1.82, 2.24) is 9.55 Å². The number of hydrogen-bond donors (Lipinski definition) is 0. The van der Waals surface area contributed by atoms with Crippen LogP contribution in [0.15, 0.2) is 18.2 Å². The molecule has 21 heavy (non-hydrogen) atoms. The van der Waals surface area contributed by atoms with Gasteiger partial charge in [-0.3, -0.25) is 0 Å². The molecule has 0 N–H and O–H groups in total. The average Bonchev–Trinajstić information content (AvgIpc) is 3.03. The zero-order valence-corrected chi connectivity index (χ0v) is 11.9. The summed E-state index contributed by atoms with van der Waals surface area (Å²) in [6, 6.07) is 3.85. The van der Waals surface area contributed by atoms with Gasteiger partial charge in [0.2, 0.25) is 0 Å². The Morgan fingerprint density at radius 2 is 2.10 bits per heavy atom. The lowest BCUT2D eigenvalue weighted by Crippen LogP contribution is -2.10. The number of aromatic nitrogens is 2. The molecule has 0 amide bonds. The van der Waals surface area contributed by atoms with Gasteiger partial charge in [0, 0.05) is 12.6 Å². The summed E-state index contributed by atoms with van der Waals surface area (Å²) in [5.74, 6) is 0.733. The van der Waals surface area contributed by atoms with Crippen LogP contribution in [0.1, 0.15) is 50.2 Å². The Balaban J connectivity index is 2.16. The first-order valence-electron chi connectivity index (χ1n) is 7.08. The summed E-state index contributed by atoms with van der Waals surface area (Å²) in [7, 11) is 0. The van der Waals surface area contributed by atoms with Gasteiger partial charge < -0.3 is 9.30 Å². The smallest absolute Gasteiger partial charge is 0.370 e. The molecule has 1 fully saturated rings. The van der Waals surface area contributed by atoms with Gasteiger partial charge in [-0.15, -0.1) is 0 Å². The van der Waals surface area contributed by atoms with Crippen LogP contribution in [0.4, 0.5) is 13.2 Å². The van der Waals surface area contributed by atoms with Crippen LogP contribution < -0.4 is 0 Å². The Hall–Kier alpha value is -1.56. The first-order valence-corrected chi connectivity index (χ1v) is 7.08. The van der Waals surface area contributed by atoms with Crippen molar-refractivity contribution in [3.63, 3.8) is 0 Å². The van der Waals surface area contributed by atoms with E-state index in [2.05, 4.69) is 4.98 Å². The largest absolute Gasteiger partial charge is 0.416 e. The molecule has 2 heterocycles. The van der Waals surface area contributed by atoms with E-state index in [0.717, 1.165) is 36.3 Å². The van der Waals surface area contributed by atoms with Crippen LogP contribution in [0, 0.1) is 0 Å². The van der Waals surface area contributed by atoms with Crippen LogP contribution in [0.25, 0.3) is 11.0 Å². The van der Waals surface area contributed by atoms with Crippen molar-refractivity contribution in [3.05, 3.63) is 29.6 Å². The van der Waals surface area contributed by atoms with E-state index in [-0.39, 0.29) is 12.1 Å². The molecule has 1 unspecified atom stereocenters. The van der Waals surface area contributed by atoms with Gasteiger partial charge in [0.1, 0.15) is 11.9 Å². The zero-order valence-electron chi connectivity index (χ0n) is 11.9. The second-order valence-corrected chi connectivity index (χ2v) is 5.64. The van der Waals surface area contributed by atoms with Gasteiger partial charge in [-0.25, -0.2) is 4.98 Å². The lowest BCUT2D eigenvalue weighted by Gasteiger charge is -2.16. The van der Waals surface area contributed by atoms with Crippen LogP contribution in [-0.2, 0) is 10.9 Å². The summed E-state index contributed by atoms with van der Waals surface area (Å²) in [5, 5.41) is 0. The summed E-state index contributed by atoms with van der Waals surface area (Å²) in [5.41, 5.74) is 0.440. The molecule has 3 rings (SSSR count). The predicted molar refractivity (Wildman–Crippen MR) is 73.0 cm³/mol. The number of imidazole rings is 1. The van der Waals surface area contributed by atoms with E-state index >= 15 is 0 Å². The molecule has 0 bridgehead atoms. The molecular weight excluding hydrogens is 281 g/mol. The lowest BCUT2D eigenvalue weighted by molar-refractivity contribution is -0.137. The number of alkyl halides is 3. The zero-order chi connectivity index (χ0) is 15.2. The number of benzene rings is 1. The fourth-order valence-electron chi connectivity index (χ4n) is 2.84. The van der Waals surface area contributed by atoms with Crippen LogP contribution in [0.2, 0.25) is 0 Å². The number of halogens is 3. The summed E-state index contributed by atoms with van der Waals surface area (Å²) < 4.78 is 46.1. The van der Waals surface area contributed by atoms with Crippen molar-refractivity contribution < 1.29 is 17.9 Å². The van der Waals surface area contributed by atoms with E-state index in [1.807, 2.05) is 18.4 Å². The van der Waals surface area contributed by atoms with Crippen molar-refractivity contribution in [2.45, 2.75) is 45.0 Å². The standard InChI is InChI=1S/C15H17F3N2O/c1-9(2)20-12-6-5-10(15(16,17)18)8-11(12)19-14(20)13-4-3-7-21-13/h5-6,8-9,13H,3-4,7H2,1-2H3. The Kier molecular flexibility index (Phi) is 3.43. The van der Waals surface area contributed by atoms with Crippen LogP contribution in [0.5, 0.6) is 0 Å². The minimum atomic E-state index is -4.35. The maximum Gasteiger partial charge on any atom is 0.416 e. The Labute approximate surface area is 120 Å². The number of rotatable bonds is 2. The number of nitrogens with zero attached hydrogens (tertiary/aromatic N) is 2. The summed E-state index contributed by atoms with van der Waals surface area (Å²) >= 11 is 0. The molecule has 1 aromatic heterocycles. The topological polar surface area (TPSA) is 27.1 Å². The average molecular weight is 298 g/mol. The maximum absolute atomic E-state index is 12.8. The molecule has 1 saturated heterocycles. The van der Waals surface area contributed by atoms with Gasteiger partial charge in [-0.1, -0.05) is 0 Å². The normalized spacial score (nSPS) is 19.8. The molecule has 0 saturated carbocycles. The molecule has 1 aliphatic heterocycles. The van der Waals surface area contributed by atoms with E-state index in [0.29, 0.717) is 12.1 Å². The molecule has 0 aliphatic carbocycles. The van der Waals surface area contributed by atoms with Gasteiger partial charge in [0.15, 0.2) is 0 Å². The molecule has 1 atom stereocenters. The highest BCUT2D eigenvalue weighted by atomic mass is 19.4. The van der Waals surface area contributed by atoms with Crippen molar-refractivity contribution in [1.29, 1.82) is 0 Å². The van der Waals surface area contributed by atoms with Crippen LogP contribution >= 0.6 is 0 Å². The maximum atomic E-state index is 12.8. The highest BCUT2D eigenvalue weighted by Gasteiger charge is 2.32. The molecule has 0 radical (unpaired) electrons. The molecule has 1 aromatic carbocycles. The van der Waals surface area contributed by atoms with E-state index in [9.17, 15) is 13.2 Å². The molecule has 1 aliphatic rings. The molecule has 114 valence electrons. The van der Waals surface area contributed by atoms with Crippen LogP contribution in [0.3, 0.4) is 0 Å². The lowest BCUT2D eigenvalue weighted by atomic mass is 10.2. The quantitative estimate of drug-likeness (QED) is 0.817. The summed E-state index contributed by atoms with van der Waals surface area (Å²) in [4.78, 5) is 4.43. The third kappa shape index (κ3) is 2.52. The van der Waals surface area contributed by atoms with Gasteiger partial charge >= 0.3 is 6.18 Å². The fourth-order valence-corrected chi connectivity index (χ4v) is 2.84. The second-order valence-electron chi connectivity index (χ2n) is 5.64. The molecule has 6 heteroatoms. The third-order valence-electron chi connectivity index (χ3n) is 3.78. The fraction of sp³-hybridized carbons (Fsp3) is 0.533. The highest BCUT2D eigenvalue weighted by Crippen LogP contribution is 2.35. The van der Waals surface area contributed by atoms with Crippen molar-refractivity contribution >= 4 is 11.0 Å². The van der Waals surface area contributed by atoms with Crippen molar-refractivity contribution in [2.24, 2.45) is 0 Å². The minimum Gasteiger partial charge on any atom is -0.370 e. The molecule has 3 nitrogen and oxygen atoms in total. The number of hydrogen-bond acceptors (Lipinski definition) is 2. The SMILES string of the molecule is CC(C)n1c(C2CCCO2)nc2cc(C(F)(F)F)ccc21. The molecule has 0 spiro atoms. The summed E-state index contributed by atoms with van der Waals surface area (Å²) in [6.45, 7) is 4.67. The number of ether oxygens (including phenoxy) is 1. The summed E-state index contributed by atoms with van der Waals surface area (Å²) in [6.07, 6.45) is -2.64. The number of fused-ring (bicyclic) bond motifs is 1. The highest BCUT2D eigenvalue weighted by molar-refractivity contribution is 5.77. The minimum absolute atomic E-state index is 0.117.